The lowest BCUT2D eigenvalue weighted by Gasteiger charge is -2.14. The fourth-order valence-electron chi connectivity index (χ4n) is 2.32. The molecule has 1 atom stereocenters. The Hall–Kier alpha value is -1.67. The minimum atomic E-state index is -0.594. The highest BCUT2D eigenvalue weighted by Gasteiger charge is 2.13. The molecule has 0 spiro atoms. The van der Waals surface area contributed by atoms with Crippen molar-refractivity contribution in [2.75, 3.05) is 0 Å². The lowest BCUT2D eigenvalue weighted by atomic mass is 9.98. The minimum absolute atomic E-state index is 0.594. The lowest BCUT2D eigenvalue weighted by Crippen LogP contribution is -2.04. The van der Waals surface area contributed by atoms with Crippen molar-refractivity contribution in [1.82, 2.24) is 4.98 Å². The highest BCUT2D eigenvalue weighted by Crippen LogP contribution is 2.24. The van der Waals surface area contributed by atoms with Crippen molar-refractivity contribution in [3.05, 3.63) is 64.5 Å². The summed E-state index contributed by atoms with van der Waals surface area (Å²) >= 11 is 0. The van der Waals surface area contributed by atoms with Crippen LogP contribution < -0.4 is 0 Å². The molecule has 0 saturated heterocycles. The average molecular weight is 255 g/mol. The Morgan fingerprint density at radius 3 is 2.32 bits per heavy atom. The van der Waals surface area contributed by atoms with Gasteiger partial charge < -0.3 is 5.11 Å². The first-order chi connectivity index (χ1) is 9.11. The zero-order valence-electron chi connectivity index (χ0n) is 11.9. The van der Waals surface area contributed by atoms with Crippen LogP contribution in [0, 0.1) is 13.8 Å². The molecular weight excluding hydrogens is 234 g/mol. The number of aromatic nitrogens is 1. The Bertz CT molecular complexity index is 546. The largest absolute Gasteiger partial charge is 0.384 e. The summed E-state index contributed by atoms with van der Waals surface area (Å²) in [5, 5.41) is 10.4. The van der Waals surface area contributed by atoms with Crippen LogP contribution in [0.1, 0.15) is 47.5 Å². The van der Waals surface area contributed by atoms with Crippen molar-refractivity contribution in [3.8, 4) is 0 Å². The predicted octanol–water partition coefficient (Wildman–Crippen LogP) is 3.73. The molecule has 1 aromatic carbocycles. The van der Waals surface area contributed by atoms with Gasteiger partial charge in [-0.05, 0) is 37.5 Å². The van der Waals surface area contributed by atoms with Crippen molar-refractivity contribution < 1.29 is 5.11 Å². The molecule has 1 unspecified atom stereocenters. The van der Waals surface area contributed by atoms with E-state index in [-0.39, 0.29) is 0 Å². The fourth-order valence-corrected chi connectivity index (χ4v) is 2.32. The Kier molecular flexibility index (Phi) is 4.33. The second-order valence-electron chi connectivity index (χ2n) is 5.02. The Morgan fingerprint density at radius 1 is 1.05 bits per heavy atom. The average Bonchev–Trinajstić information content (AvgIpc) is 2.39. The Morgan fingerprint density at radius 2 is 1.74 bits per heavy atom. The van der Waals surface area contributed by atoms with Gasteiger partial charge >= 0.3 is 0 Å². The molecule has 2 heteroatoms. The number of benzene rings is 1. The van der Waals surface area contributed by atoms with Crippen molar-refractivity contribution in [2.24, 2.45) is 0 Å². The number of hydrogen-bond acceptors (Lipinski definition) is 2. The first-order valence-electron chi connectivity index (χ1n) is 6.83. The van der Waals surface area contributed by atoms with Gasteiger partial charge in [0.15, 0.2) is 0 Å². The molecule has 2 nitrogen and oxygen atoms in total. The first-order valence-corrected chi connectivity index (χ1v) is 6.83. The van der Waals surface area contributed by atoms with Gasteiger partial charge in [0.25, 0.3) is 0 Å². The normalized spacial score (nSPS) is 12.4. The molecule has 19 heavy (non-hydrogen) atoms. The molecule has 0 saturated carbocycles. The summed E-state index contributed by atoms with van der Waals surface area (Å²) in [6, 6.07) is 12.1. The summed E-state index contributed by atoms with van der Waals surface area (Å²) in [4.78, 5) is 4.41. The second-order valence-corrected chi connectivity index (χ2v) is 5.02. The number of pyridine rings is 1. The lowest BCUT2D eigenvalue weighted by molar-refractivity contribution is 0.219. The monoisotopic (exact) mass is 255 g/mol. The molecule has 0 aliphatic rings. The van der Waals surface area contributed by atoms with Gasteiger partial charge in [-0.2, -0.15) is 0 Å². The molecule has 0 fully saturated rings. The molecule has 100 valence electrons. The quantitative estimate of drug-likeness (QED) is 0.903. The third-order valence-corrected chi connectivity index (χ3v) is 3.39. The summed E-state index contributed by atoms with van der Waals surface area (Å²) in [5.74, 6) is 0. The Balaban J connectivity index is 2.25. The maximum absolute atomic E-state index is 10.4. The van der Waals surface area contributed by atoms with Crippen LogP contribution in [0.5, 0.6) is 0 Å². The van der Waals surface area contributed by atoms with Crippen molar-refractivity contribution in [2.45, 2.75) is 39.7 Å². The van der Waals surface area contributed by atoms with Crippen LogP contribution in [0.2, 0.25) is 0 Å². The van der Waals surface area contributed by atoms with Gasteiger partial charge in [-0.25, -0.2) is 0 Å². The van der Waals surface area contributed by atoms with Crippen LogP contribution in [0.25, 0.3) is 0 Å². The van der Waals surface area contributed by atoms with E-state index in [2.05, 4.69) is 24.0 Å². The summed E-state index contributed by atoms with van der Waals surface area (Å²) < 4.78 is 0. The van der Waals surface area contributed by atoms with Gasteiger partial charge in [0.1, 0.15) is 6.10 Å². The zero-order valence-corrected chi connectivity index (χ0v) is 11.9. The molecule has 0 radical (unpaired) electrons. The standard InChI is InChI=1S/C17H21NO/c1-4-5-14-7-9-15(10-8-14)17(19)16-11-6-12(2)18-13(16)3/h6-11,17,19H,4-5H2,1-3H3. The van der Waals surface area contributed by atoms with E-state index < -0.39 is 6.10 Å². The van der Waals surface area contributed by atoms with E-state index in [1.165, 1.54) is 5.56 Å². The molecule has 0 amide bonds. The summed E-state index contributed by atoms with van der Waals surface area (Å²) in [5.41, 5.74) is 5.00. The van der Waals surface area contributed by atoms with Crippen LogP contribution in [-0.4, -0.2) is 10.1 Å². The fraction of sp³-hybridized carbons (Fsp3) is 0.353. The highest BCUT2D eigenvalue weighted by atomic mass is 16.3. The molecule has 2 rings (SSSR count). The van der Waals surface area contributed by atoms with Gasteiger partial charge in [-0.1, -0.05) is 43.7 Å². The van der Waals surface area contributed by atoms with E-state index in [9.17, 15) is 5.11 Å². The molecule has 1 heterocycles. The smallest absolute Gasteiger partial charge is 0.106 e. The van der Waals surface area contributed by atoms with E-state index in [1.807, 2.05) is 38.1 Å². The van der Waals surface area contributed by atoms with Crippen molar-refractivity contribution >= 4 is 0 Å². The minimum Gasteiger partial charge on any atom is -0.384 e. The molecule has 0 aliphatic heterocycles. The molecule has 1 aromatic heterocycles. The zero-order chi connectivity index (χ0) is 13.8. The number of aliphatic hydroxyl groups excluding tert-OH is 1. The third-order valence-electron chi connectivity index (χ3n) is 3.39. The van der Waals surface area contributed by atoms with Gasteiger partial charge in [0.2, 0.25) is 0 Å². The van der Waals surface area contributed by atoms with Crippen LogP contribution in [0.15, 0.2) is 36.4 Å². The van der Waals surface area contributed by atoms with Crippen molar-refractivity contribution in [3.63, 3.8) is 0 Å². The summed E-state index contributed by atoms with van der Waals surface area (Å²) in [6.45, 7) is 6.07. The van der Waals surface area contributed by atoms with E-state index in [4.69, 9.17) is 0 Å². The predicted molar refractivity (Wildman–Crippen MR) is 78.2 cm³/mol. The van der Waals surface area contributed by atoms with E-state index in [0.717, 1.165) is 35.4 Å². The maximum atomic E-state index is 10.4. The maximum Gasteiger partial charge on any atom is 0.106 e. The highest BCUT2D eigenvalue weighted by molar-refractivity contribution is 5.34. The summed E-state index contributed by atoms with van der Waals surface area (Å²) in [6.07, 6.45) is 1.63. The first kappa shape index (κ1) is 13.8. The van der Waals surface area contributed by atoms with E-state index in [0.29, 0.717) is 0 Å². The molecular formula is C17H21NO. The van der Waals surface area contributed by atoms with Crippen LogP contribution in [0.4, 0.5) is 0 Å². The molecule has 0 aliphatic carbocycles. The van der Waals surface area contributed by atoms with Crippen LogP contribution >= 0.6 is 0 Å². The van der Waals surface area contributed by atoms with Crippen molar-refractivity contribution in [1.29, 1.82) is 0 Å². The Labute approximate surface area is 115 Å². The van der Waals surface area contributed by atoms with E-state index >= 15 is 0 Å². The topological polar surface area (TPSA) is 33.1 Å². The summed E-state index contributed by atoms with van der Waals surface area (Å²) in [7, 11) is 0. The molecule has 0 bridgehead atoms. The number of hydrogen-bond donors (Lipinski definition) is 1. The van der Waals surface area contributed by atoms with E-state index in [1.54, 1.807) is 0 Å². The second kappa shape index (κ2) is 5.98. The number of aryl methyl sites for hydroxylation is 3. The molecule has 1 N–H and O–H groups in total. The van der Waals surface area contributed by atoms with Gasteiger partial charge in [0, 0.05) is 17.0 Å². The molecule has 2 aromatic rings. The number of rotatable bonds is 4. The number of nitrogens with zero attached hydrogens (tertiary/aromatic N) is 1. The van der Waals surface area contributed by atoms with Gasteiger partial charge in [0.05, 0.1) is 0 Å². The van der Waals surface area contributed by atoms with Crippen LogP contribution in [-0.2, 0) is 6.42 Å². The number of aliphatic hydroxyl groups is 1. The third kappa shape index (κ3) is 3.21. The van der Waals surface area contributed by atoms with Gasteiger partial charge in [-0.15, -0.1) is 0 Å². The van der Waals surface area contributed by atoms with Gasteiger partial charge in [-0.3, -0.25) is 4.98 Å². The van der Waals surface area contributed by atoms with Crippen LogP contribution in [0.3, 0.4) is 0 Å². The SMILES string of the molecule is CCCc1ccc(C(O)c2ccc(C)nc2C)cc1.